The van der Waals surface area contributed by atoms with E-state index in [2.05, 4.69) is 15.6 Å². The zero-order valence-electron chi connectivity index (χ0n) is 15.8. The number of para-hydroxylation sites is 1. The number of aliphatic hydroxyl groups is 1. The third kappa shape index (κ3) is 4.80. The number of aliphatic hydroxyl groups excluding tert-OH is 1. The van der Waals surface area contributed by atoms with E-state index in [1.165, 1.54) is 18.2 Å². The minimum Gasteiger partial charge on any atom is -0.489 e. The molecule has 0 radical (unpaired) electrons. The number of benzene rings is 2. The number of carbonyl (C=O) groups is 1. The summed E-state index contributed by atoms with van der Waals surface area (Å²) in [5.41, 5.74) is 2.22. The summed E-state index contributed by atoms with van der Waals surface area (Å²) in [6.07, 6.45) is 2.20. The Morgan fingerprint density at radius 3 is 2.79 bits per heavy atom. The largest absolute Gasteiger partial charge is 0.489 e. The number of hydrogen-bond acceptors (Lipinski definition) is 3. The molecule has 2 amide bonds. The molecule has 6 nitrogen and oxygen atoms in total. The summed E-state index contributed by atoms with van der Waals surface area (Å²) in [6, 6.07) is 10.7. The van der Waals surface area contributed by atoms with E-state index < -0.39 is 17.9 Å². The summed E-state index contributed by atoms with van der Waals surface area (Å²) in [6.45, 7) is 3.46. The molecule has 3 rings (SSSR count). The third-order valence-electron chi connectivity index (χ3n) is 4.25. The number of carbonyl (C=O) groups excluding carboxylic acids is 1. The van der Waals surface area contributed by atoms with Crippen molar-refractivity contribution < 1.29 is 19.0 Å². The molecule has 0 fully saturated rings. The van der Waals surface area contributed by atoms with Gasteiger partial charge in [-0.25, -0.2) is 9.18 Å². The van der Waals surface area contributed by atoms with Gasteiger partial charge in [0.1, 0.15) is 11.6 Å². The van der Waals surface area contributed by atoms with Gasteiger partial charge in [0.05, 0.1) is 24.4 Å². The lowest BCUT2D eigenvalue weighted by molar-refractivity contribution is 0.223. The van der Waals surface area contributed by atoms with Gasteiger partial charge >= 0.3 is 6.03 Å². The second kappa shape index (κ2) is 8.75. The molecule has 2 aromatic carbocycles. The number of fused-ring (bicyclic) bond motifs is 1. The van der Waals surface area contributed by atoms with Gasteiger partial charge in [0.15, 0.2) is 0 Å². The van der Waals surface area contributed by atoms with Gasteiger partial charge in [-0.05, 0) is 44.0 Å². The highest BCUT2D eigenvalue weighted by Crippen LogP contribution is 2.26. The predicted octanol–water partition coefficient (Wildman–Crippen LogP) is 3.82. The quantitative estimate of drug-likeness (QED) is 0.499. The first-order chi connectivity index (χ1) is 13.5. The molecule has 0 saturated carbocycles. The van der Waals surface area contributed by atoms with Crippen LogP contribution in [0.3, 0.4) is 0 Å². The number of aromatic amines is 1. The summed E-state index contributed by atoms with van der Waals surface area (Å²) >= 11 is 0. The first kappa shape index (κ1) is 19.7. The molecule has 0 spiro atoms. The van der Waals surface area contributed by atoms with Crippen molar-refractivity contribution in [1.29, 1.82) is 0 Å². The lowest BCUT2D eigenvalue weighted by atomic mass is 10.1. The summed E-state index contributed by atoms with van der Waals surface area (Å²) in [5.74, 6) is -0.104. The average molecular weight is 385 g/mol. The zero-order valence-corrected chi connectivity index (χ0v) is 15.8. The minimum atomic E-state index is -0.543. The Hall–Kier alpha value is -3.06. The number of anilines is 1. The number of ether oxygens (including phenoxy) is 1. The van der Waals surface area contributed by atoms with Gasteiger partial charge in [-0.15, -0.1) is 0 Å². The highest BCUT2D eigenvalue weighted by Gasteiger charge is 2.16. The molecule has 1 heterocycles. The predicted molar refractivity (Wildman–Crippen MR) is 107 cm³/mol. The molecule has 1 unspecified atom stereocenters. The standard InChI is InChI=1S/C21H24FN3O3/c1-13(2)28-20-8-7-15(22)10-19(20)25-21(27)24-16(12-26)9-14-11-23-18-6-4-3-5-17(14)18/h3-8,10-11,13,16,23,26H,9,12H2,1-2H3,(H2,24,25,27). The molecule has 0 saturated heterocycles. The van der Waals surface area contributed by atoms with Crippen LogP contribution in [0.25, 0.3) is 10.9 Å². The van der Waals surface area contributed by atoms with Crippen LogP contribution in [-0.4, -0.2) is 34.9 Å². The first-order valence-corrected chi connectivity index (χ1v) is 9.16. The van der Waals surface area contributed by atoms with E-state index in [0.717, 1.165) is 16.5 Å². The van der Waals surface area contributed by atoms with E-state index in [4.69, 9.17) is 4.74 Å². The van der Waals surface area contributed by atoms with Crippen LogP contribution in [0, 0.1) is 5.82 Å². The number of amides is 2. The second-order valence-electron chi connectivity index (χ2n) is 6.85. The summed E-state index contributed by atoms with van der Waals surface area (Å²) in [7, 11) is 0. The van der Waals surface area contributed by atoms with Crippen molar-refractivity contribution in [3.63, 3.8) is 0 Å². The highest BCUT2D eigenvalue weighted by atomic mass is 19.1. The van der Waals surface area contributed by atoms with Crippen molar-refractivity contribution in [3.05, 3.63) is 60.0 Å². The summed E-state index contributed by atoms with van der Waals surface area (Å²) < 4.78 is 19.2. The maximum atomic E-state index is 13.6. The fraction of sp³-hybridized carbons (Fsp3) is 0.286. The monoisotopic (exact) mass is 385 g/mol. The highest BCUT2D eigenvalue weighted by molar-refractivity contribution is 5.91. The number of H-pyrrole nitrogens is 1. The van der Waals surface area contributed by atoms with Crippen LogP contribution in [0.1, 0.15) is 19.4 Å². The Morgan fingerprint density at radius 1 is 1.25 bits per heavy atom. The Labute approximate surface area is 162 Å². The summed E-state index contributed by atoms with van der Waals surface area (Å²) in [4.78, 5) is 15.6. The molecule has 0 aliphatic rings. The molecule has 28 heavy (non-hydrogen) atoms. The first-order valence-electron chi connectivity index (χ1n) is 9.16. The van der Waals surface area contributed by atoms with Gasteiger partial charge in [-0.3, -0.25) is 0 Å². The molecule has 1 aromatic heterocycles. The van der Waals surface area contributed by atoms with E-state index in [1.807, 2.05) is 44.3 Å². The maximum Gasteiger partial charge on any atom is 0.319 e. The molecule has 0 aliphatic carbocycles. The second-order valence-corrected chi connectivity index (χ2v) is 6.85. The fourth-order valence-corrected chi connectivity index (χ4v) is 3.03. The molecular formula is C21H24FN3O3. The van der Waals surface area contributed by atoms with E-state index in [0.29, 0.717) is 12.2 Å². The van der Waals surface area contributed by atoms with Crippen molar-refractivity contribution in [3.8, 4) is 5.75 Å². The number of urea groups is 1. The number of nitrogens with one attached hydrogen (secondary N) is 3. The smallest absolute Gasteiger partial charge is 0.319 e. The molecule has 148 valence electrons. The third-order valence-corrected chi connectivity index (χ3v) is 4.25. The van der Waals surface area contributed by atoms with Gasteiger partial charge < -0.3 is 25.5 Å². The van der Waals surface area contributed by atoms with Crippen LogP contribution < -0.4 is 15.4 Å². The number of aromatic nitrogens is 1. The number of rotatable bonds is 7. The van der Waals surface area contributed by atoms with Gasteiger partial charge in [-0.1, -0.05) is 18.2 Å². The van der Waals surface area contributed by atoms with Crippen LogP contribution in [0.15, 0.2) is 48.7 Å². The fourth-order valence-electron chi connectivity index (χ4n) is 3.03. The Bertz CT molecular complexity index is 955. The Balaban J connectivity index is 1.68. The van der Waals surface area contributed by atoms with Crippen LogP contribution in [0.4, 0.5) is 14.9 Å². The van der Waals surface area contributed by atoms with E-state index in [9.17, 15) is 14.3 Å². The topological polar surface area (TPSA) is 86.4 Å². The SMILES string of the molecule is CC(C)Oc1ccc(F)cc1NC(=O)NC(CO)Cc1c[nH]c2ccccc12. The van der Waals surface area contributed by atoms with Crippen LogP contribution in [-0.2, 0) is 6.42 Å². The molecular weight excluding hydrogens is 361 g/mol. The number of hydrogen-bond donors (Lipinski definition) is 4. The molecule has 7 heteroatoms. The van der Waals surface area contributed by atoms with Crippen LogP contribution >= 0.6 is 0 Å². The van der Waals surface area contributed by atoms with Crippen molar-refractivity contribution in [2.45, 2.75) is 32.4 Å². The molecule has 3 aromatic rings. The van der Waals surface area contributed by atoms with E-state index in [1.54, 1.807) is 0 Å². The van der Waals surface area contributed by atoms with Crippen molar-refractivity contribution in [1.82, 2.24) is 10.3 Å². The van der Waals surface area contributed by atoms with E-state index >= 15 is 0 Å². The average Bonchev–Trinajstić information content (AvgIpc) is 3.06. The lowest BCUT2D eigenvalue weighted by Crippen LogP contribution is -2.41. The Morgan fingerprint density at radius 2 is 2.04 bits per heavy atom. The molecule has 1 atom stereocenters. The van der Waals surface area contributed by atoms with Crippen molar-refractivity contribution in [2.24, 2.45) is 0 Å². The molecule has 4 N–H and O–H groups in total. The summed E-state index contributed by atoms with van der Waals surface area (Å²) in [5, 5.41) is 16.1. The lowest BCUT2D eigenvalue weighted by Gasteiger charge is -2.19. The van der Waals surface area contributed by atoms with Crippen LogP contribution in [0.5, 0.6) is 5.75 Å². The van der Waals surface area contributed by atoms with Gasteiger partial charge in [0.25, 0.3) is 0 Å². The Kier molecular flexibility index (Phi) is 6.16. The normalized spacial score (nSPS) is 12.2. The van der Waals surface area contributed by atoms with Gasteiger partial charge in [0, 0.05) is 23.2 Å². The van der Waals surface area contributed by atoms with Crippen LogP contribution in [0.2, 0.25) is 0 Å². The zero-order chi connectivity index (χ0) is 20.1. The van der Waals surface area contributed by atoms with Crippen molar-refractivity contribution >= 4 is 22.6 Å². The maximum absolute atomic E-state index is 13.6. The van der Waals surface area contributed by atoms with Gasteiger partial charge in [0.2, 0.25) is 0 Å². The minimum absolute atomic E-state index is 0.124. The molecule has 0 aliphatic heterocycles. The van der Waals surface area contributed by atoms with E-state index in [-0.39, 0.29) is 18.4 Å². The van der Waals surface area contributed by atoms with Gasteiger partial charge in [-0.2, -0.15) is 0 Å². The van der Waals surface area contributed by atoms with Crippen molar-refractivity contribution in [2.75, 3.05) is 11.9 Å². The molecule has 0 bridgehead atoms. The number of halogens is 1.